The van der Waals surface area contributed by atoms with Crippen molar-refractivity contribution in [2.75, 3.05) is 9.80 Å². The summed E-state index contributed by atoms with van der Waals surface area (Å²) in [6.07, 6.45) is 0. The Bertz CT molecular complexity index is 1300. The van der Waals surface area contributed by atoms with Crippen molar-refractivity contribution >= 4 is 34.1 Å². The molecule has 0 unspecified atom stereocenters. The van der Waals surface area contributed by atoms with Gasteiger partial charge >= 0.3 is 0 Å². The Kier molecular flexibility index (Phi) is 6.13. The fraction of sp³-hybridized carbons (Fsp3) is 0.0625. The Hall–Kier alpha value is -4.30. The quantitative estimate of drug-likeness (QED) is 0.259. The van der Waals surface area contributed by atoms with E-state index in [1.165, 1.54) is 11.1 Å². The van der Waals surface area contributed by atoms with Gasteiger partial charge in [-0.2, -0.15) is 0 Å². The van der Waals surface area contributed by atoms with Gasteiger partial charge in [0, 0.05) is 34.1 Å². The van der Waals surface area contributed by atoms with Gasteiger partial charge in [0.05, 0.1) is 0 Å². The molecule has 0 aromatic heterocycles. The molecule has 0 spiro atoms. The van der Waals surface area contributed by atoms with Gasteiger partial charge in [-0.1, -0.05) is 66.2 Å². The van der Waals surface area contributed by atoms with Crippen LogP contribution < -0.4 is 9.80 Å². The van der Waals surface area contributed by atoms with Crippen LogP contribution in [0.15, 0.2) is 133 Å². The molecule has 0 amide bonds. The average Bonchev–Trinajstić information content (AvgIpc) is 2.88. The van der Waals surface area contributed by atoms with Gasteiger partial charge in [-0.25, -0.2) is 0 Å². The minimum absolute atomic E-state index is 1.12. The van der Waals surface area contributed by atoms with Gasteiger partial charge in [0.1, 0.15) is 0 Å². The molecule has 2 nitrogen and oxygen atoms in total. The Morgan fingerprint density at radius 2 is 0.706 bits per heavy atom. The third-order valence-corrected chi connectivity index (χ3v) is 5.95. The fourth-order valence-electron chi connectivity index (χ4n) is 4.26. The number of nitrogens with zero attached hydrogens (tertiary/aromatic N) is 2. The van der Waals surface area contributed by atoms with Gasteiger partial charge in [0.15, 0.2) is 0 Å². The van der Waals surface area contributed by atoms with Crippen molar-refractivity contribution in [3.63, 3.8) is 0 Å². The van der Waals surface area contributed by atoms with Crippen molar-refractivity contribution in [1.29, 1.82) is 0 Å². The molecular formula is C32H28N2. The van der Waals surface area contributed by atoms with E-state index in [1.54, 1.807) is 0 Å². The second kappa shape index (κ2) is 9.68. The maximum Gasteiger partial charge on any atom is 0.0464 e. The third kappa shape index (κ3) is 4.57. The zero-order chi connectivity index (χ0) is 23.3. The summed E-state index contributed by atoms with van der Waals surface area (Å²) in [6, 6.07) is 47.2. The molecule has 0 N–H and O–H groups in total. The number of rotatable bonds is 6. The predicted molar refractivity (Wildman–Crippen MR) is 145 cm³/mol. The molecule has 34 heavy (non-hydrogen) atoms. The molecule has 0 aliphatic carbocycles. The molecule has 166 valence electrons. The van der Waals surface area contributed by atoms with Gasteiger partial charge in [0.2, 0.25) is 0 Å². The maximum absolute atomic E-state index is 2.31. The van der Waals surface area contributed by atoms with E-state index < -0.39 is 0 Å². The molecule has 0 heterocycles. The van der Waals surface area contributed by atoms with Crippen molar-refractivity contribution in [3.8, 4) is 0 Å². The highest BCUT2D eigenvalue weighted by Gasteiger charge is 2.15. The van der Waals surface area contributed by atoms with Crippen molar-refractivity contribution in [2.45, 2.75) is 13.8 Å². The summed E-state index contributed by atoms with van der Waals surface area (Å²) in [5, 5.41) is 0. The summed E-state index contributed by atoms with van der Waals surface area (Å²) in [7, 11) is 0. The molecule has 0 atom stereocenters. The molecule has 0 bridgehead atoms. The summed E-state index contributed by atoms with van der Waals surface area (Å²) < 4.78 is 0. The first-order valence-corrected chi connectivity index (χ1v) is 11.6. The van der Waals surface area contributed by atoms with Crippen LogP contribution >= 0.6 is 0 Å². The third-order valence-electron chi connectivity index (χ3n) is 5.95. The molecule has 0 aliphatic rings. The summed E-state index contributed by atoms with van der Waals surface area (Å²) in [6.45, 7) is 4.26. The molecular weight excluding hydrogens is 412 g/mol. The number of hydrogen-bond acceptors (Lipinski definition) is 2. The molecule has 5 aromatic rings. The van der Waals surface area contributed by atoms with Crippen LogP contribution in [0.1, 0.15) is 11.1 Å². The zero-order valence-corrected chi connectivity index (χ0v) is 19.6. The zero-order valence-electron chi connectivity index (χ0n) is 19.6. The highest BCUT2D eigenvalue weighted by Crippen LogP contribution is 2.38. The minimum atomic E-state index is 1.12. The number of hydrogen-bond donors (Lipinski definition) is 0. The van der Waals surface area contributed by atoms with Crippen LogP contribution in [0.2, 0.25) is 0 Å². The lowest BCUT2D eigenvalue weighted by molar-refractivity contribution is 1.25. The van der Waals surface area contributed by atoms with Crippen molar-refractivity contribution in [3.05, 3.63) is 145 Å². The summed E-state index contributed by atoms with van der Waals surface area (Å²) >= 11 is 0. The Morgan fingerprint density at radius 3 is 1.18 bits per heavy atom. The van der Waals surface area contributed by atoms with E-state index >= 15 is 0 Å². The van der Waals surface area contributed by atoms with E-state index in [0.29, 0.717) is 0 Å². The molecule has 0 saturated heterocycles. The molecule has 0 radical (unpaired) electrons. The van der Waals surface area contributed by atoms with Crippen LogP contribution in [0.5, 0.6) is 0 Å². The van der Waals surface area contributed by atoms with E-state index in [4.69, 9.17) is 0 Å². The summed E-state index contributed by atoms with van der Waals surface area (Å²) in [4.78, 5) is 4.60. The van der Waals surface area contributed by atoms with Gasteiger partial charge in [-0.3, -0.25) is 0 Å². The van der Waals surface area contributed by atoms with Gasteiger partial charge in [-0.05, 0) is 92.2 Å². The van der Waals surface area contributed by atoms with E-state index in [2.05, 4.69) is 157 Å². The maximum atomic E-state index is 2.31. The second-order valence-corrected chi connectivity index (χ2v) is 8.53. The SMILES string of the molecule is Cc1ccc(N(c2ccc(N(c3ccccc3)c3ccccc3)cc2)c2cccc(C)c2)cc1. The van der Waals surface area contributed by atoms with E-state index in [-0.39, 0.29) is 0 Å². The Balaban J connectivity index is 1.58. The van der Waals surface area contributed by atoms with Gasteiger partial charge in [0.25, 0.3) is 0 Å². The average molecular weight is 441 g/mol. The normalized spacial score (nSPS) is 10.6. The molecule has 5 rings (SSSR count). The molecule has 0 saturated carbocycles. The van der Waals surface area contributed by atoms with E-state index in [0.717, 1.165) is 34.1 Å². The first-order chi connectivity index (χ1) is 16.7. The number of anilines is 6. The summed E-state index contributed by atoms with van der Waals surface area (Å²) in [5.74, 6) is 0. The molecule has 0 aliphatic heterocycles. The standard InChI is InChI=1S/C32H28N2/c1-25-16-18-29(19-17-25)34(32-15-9-10-26(2)24-32)31-22-20-30(21-23-31)33(27-11-5-3-6-12-27)28-13-7-4-8-14-28/h3-24H,1-2H3. The van der Waals surface area contributed by atoms with Crippen LogP contribution in [-0.2, 0) is 0 Å². The predicted octanol–water partition coefficient (Wildman–Crippen LogP) is 9.24. The Morgan fingerprint density at radius 1 is 0.324 bits per heavy atom. The van der Waals surface area contributed by atoms with E-state index in [1.807, 2.05) is 0 Å². The second-order valence-electron chi connectivity index (χ2n) is 8.53. The highest BCUT2D eigenvalue weighted by atomic mass is 15.2. The Labute approximate surface area is 202 Å². The minimum Gasteiger partial charge on any atom is -0.311 e. The number of para-hydroxylation sites is 2. The van der Waals surface area contributed by atoms with Crippen LogP contribution in [0.4, 0.5) is 34.1 Å². The molecule has 2 heteroatoms. The summed E-state index contributed by atoms with van der Waals surface area (Å²) in [5.41, 5.74) is 9.31. The van der Waals surface area contributed by atoms with Crippen LogP contribution in [0, 0.1) is 13.8 Å². The van der Waals surface area contributed by atoms with Crippen LogP contribution in [0.25, 0.3) is 0 Å². The lowest BCUT2D eigenvalue weighted by Gasteiger charge is -2.28. The molecule has 0 fully saturated rings. The van der Waals surface area contributed by atoms with Gasteiger partial charge in [-0.15, -0.1) is 0 Å². The topological polar surface area (TPSA) is 6.48 Å². The molecule has 5 aromatic carbocycles. The number of benzene rings is 5. The smallest absolute Gasteiger partial charge is 0.0464 e. The largest absolute Gasteiger partial charge is 0.311 e. The van der Waals surface area contributed by atoms with Crippen molar-refractivity contribution < 1.29 is 0 Å². The van der Waals surface area contributed by atoms with E-state index in [9.17, 15) is 0 Å². The first kappa shape index (κ1) is 21.5. The first-order valence-electron chi connectivity index (χ1n) is 11.6. The van der Waals surface area contributed by atoms with Gasteiger partial charge < -0.3 is 9.80 Å². The van der Waals surface area contributed by atoms with Crippen LogP contribution in [-0.4, -0.2) is 0 Å². The van der Waals surface area contributed by atoms with Crippen molar-refractivity contribution in [2.24, 2.45) is 0 Å². The monoisotopic (exact) mass is 440 g/mol. The number of aryl methyl sites for hydroxylation is 2. The lowest BCUT2D eigenvalue weighted by Crippen LogP contribution is -2.12. The van der Waals surface area contributed by atoms with Crippen LogP contribution in [0.3, 0.4) is 0 Å². The van der Waals surface area contributed by atoms with Crippen molar-refractivity contribution in [1.82, 2.24) is 0 Å². The lowest BCUT2D eigenvalue weighted by atomic mass is 10.1. The fourth-order valence-corrected chi connectivity index (χ4v) is 4.26. The highest BCUT2D eigenvalue weighted by molar-refractivity contribution is 5.81.